The zero-order valence-corrected chi connectivity index (χ0v) is 28.4. The number of hydrogen-bond donors (Lipinski definition) is 2. The number of benzene rings is 2. The summed E-state index contributed by atoms with van der Waals surface area (Å²) in [6.45, 7) is 5.66. The molecule has 2 N–H and O–H groups in total. The fourth-order valence-electron chi connectivity index (χ4n) is 7.80. The fraction of sp³-hybridized carbons (Fsp3) is 0.474. The molecule has 2 aromatic rings. The zero-order chi connectivity index (χ0) is 34.9. The number of carbonyl (C=O) groups is 4. The quantitative estimate of drug-likeness (QED) is 0.353. The molecule has 0 saturated carbocycles. The van der Waals surface area contributed by atoms with Crippen molar-refractivity contribution in [1.29, 1.82) is 0 Å². The number of amides is 3. The van der Waals surface area contributed by atoms with E-state index in [9.17, 15) is 24.3 Å². The van der Waals surface area contributed by atoms with Gasteiger partial charge in [-0.2, -0.15) is 0 Å². The van der Waals surface area contributed by atoms with E-state index in [1.807, 2.05) is 63.2 Å². The van der Waals surface area contributed by atoms with Crippen LogP contribution in [0.1, 0.15) is 56.9 Å². The molecule has 4 heterocycles. The van der Waals surface area contributed by atoms with Gasteiger partial charge in [-0.3, -0.25) is 19.2 Å². The van der Waals surface area contributed by atoms with Gasteiger partial charge in [0.05, 0.1) is 37.3 Å². The maximum absolute atomic E-state index is 15.0. The van der Waals surface area contributed by atoms with Crippen molar-refractivity contribution in [3.63, 3.8) is 0 Å². The summed E-state index contributed by atoms with van der Waals surface area (Å²) in [5.41, 5.74) is -0.858. The van der Waals surface area contributed by atoms with Gasteiger partial charge in [-0.25, -0.2) is 0 Å². The van der Waals surface area contributed by atoms with Crippen molar-refractivity contribution in [2.45, 2.75) is 75.1 Å². The van der Waals surface area contributed by atoms with Gasteiger partial charge in [-0.05, 0) is 38.3 Å². The summed E-state index contributed by atoms with van der Waals surface area (Å²) in [6, 6.07) is 15.4. The predicted molar refractivity (Wildman–Crippen MR) is 180 cm³/mol. The van der Waals surface area contributed by atoms with E-state index in [1.54, 1.807) is 47.4 Å². The van der Waals surface area contributed by atoms with Crippen molar-refractivity contribution in [1.82, 2.24) is 15.1 Å². The van der Waals surface area contributed by atoms with E-state index in [2.05, 4.69) is 5.32 Å². The number of aliphatic hydroxyl groups excluding tert-OH is 1. The van der Waals surface area contributed by atoms with E-state index >= 15 is 0 Å². The Kier molecular flexibility index (Phi) is 9.79. The number of aliphatic hydroxyl groups is 1. The Hall–Kier alpha value is -4.32. The molecule has 0 aromatic heterocycles. The van der Waals surface area contributed by atoms with Gasteiger partial charge in [-0.15, -0.1) is 0 Å². The molecule has 6 rings (SSSR count). The van der Waals surface area contributed by atoms with E-state index in [-0.39, 0.29) is 31.4 Å². The van der Waals surface area contributed by atoms with Crippen LogP contribution in [-0.4, -0.2) is 94.8 Å². The minimum Gasteiger partial charge on any atom is -0.455 e. The van der Waals surface area contributed by atoms with Crippen LogP contribution in [0.4, 0.5) is 0 Å². The van der Waals surface area contributed by atoms with E-state index < -0.39 is 71.8 Å². The Morgan fingerprint density at radius 3 is 2.35 bits per heavy atom. The highest BCUT2D eigenvalue weighted by molar-refractivity contribution is 5.99. The first kappa shape index (κ1) is 34.5. The molecule has 0 aliphatic carbocycles. The molecule has 2 fully saturated rings. The van der Waals surface area contributed by atoms with Crippen LogP contribution in [0.25, 0.3) is 0 Å². The third kappa shape index (κ3) is 6.31. The van der Waals surface area contributed by atoms with Crippen LogP contribution < -0.4 is 5.32 Å². The Morgan fingerprint density at radius 2 is 1.69 bits per heavy atom. The summed E-state index contributed by atoms with van der Waals surface area (Å²) in [5, 5.41) is 13.8. The first-order valence-corrected chi connectivity index (χ1v) is 16.9. The van der Waals surface area contributed by atoms with Gasteiger partial charge in [-0.1, -0.05) is 85.0 Å². The second-order valence-corrected chi connectivity index (χ2v) is 14.1. The molecule has 0 bridgehead atoms. The molecular weight excluding hydrogens is 626 g/mol. The summed E-state index contributed by atoms with van der Waals surface area (Å²) in [4.78, 5) is 60.6. The van der Waals surface area contributed by atoms with Gasteiger partial charge in [0.15, 0.2) is 0 Å². The summed E-state index contributed by atoms with van der Waals surface area (Å²) in [6.07, 6.45) is 5.72. The van der Waals surface area contributed by atoms with Crippen molar-refractivity contribution in [2.24, 2.45) is 11.8 Å². The topological polar surface area (TPSA) is 135 Å². The summed E-state index contributed by atoms with van der Waals surface area (Å²) >= 11 is 0. The van der Waals surface area contributed by atoms with E-state index in [0.29, 0.717) is 17.5 Å². The summed E-state index contributed by atoms with van der Waals surface area (Å²) < 4.78 is 18.6. The Balaban J connectivity index is 1.50. The molecule has 11 nitrogen and oxygen atoms in total. The van der Waals surface area contributed by atoms with Crippen LogP contribution in [0.2, 0.25) is 0 Å². The average molecular weight is 672 g/mol. The van der Waals surface area contributed by atoms with Crippen molar-refractivity contribution in [3.8, 4) is 0 Å². The van der Waals surface area contributed by atoms with E-state index in [4.69, 9.17) is 14.2 Å². The van der Waals surface area contributed by atoms with Crippen molar-refractivity contribution in [2.75, 3.05) is 26.9 Å². The van der Waals surface area contributed by atoms with Crippen LogP contribution in [0.5, 0.6) is 0 Å². The number of nitrogens with zero attached hydrogens (tertiary/aromatic N) is 2. The lowest BCUT2D eigenvalue weighted by molar-refractivity contribution is -0.163. The lowest BCUT2D eigenvalue weighted by Crippen LogP contribution is -2.59. The van der Waals surface area contributed by atoms with Gasteiger partial charge in [0, 0.05) is 25.6 Å². The number of likely N-dealkylation sites (tertiary alicyclic amines) is 1. The van der Waals surface area contributed by atoms with Crippen LogP contribution in [0, 0.1) is 11.8 Å². The highest BCUT2D eigenvalue weighted by Crippen LogP contribution is 2.55. The molecule has 0 radical (unpaired) electrons. The SMILES string of the molecule is COC[C@H]1NC(=O)CC/C=C\[C@H]2O[C@]34C=CCN(C(C)(C)C)C(=O)[C@H]3N([C@H](CO)c3ccccc3)C(=O)[C@@H]4[C@H]2C(=O)O[C@@H]1c1ccccc1. The highest BCUT2D eigenvalue weighted by atomic mass is 16.6. The van der Waals surface area contributed by atoms with Crippen LogP contribution in [-0.2, 0) is 33.4 Å². The monoisotopic (exact) mass is 671 g/mol. The number of carbonyl (C=O) groups excluding carboxylic acids is 4. The van der Waals surface area contributed by atoms with Gasteiger partial charge >= 0.3 is 5.97 Å². The summed E-state index contributed by atoms with van der Waals surface area (Å²) in [5.74, 6) is -4.04. The van der Waals surface area contributed by atoms with Crippen molar-refractivity contribution < 1.29 is 38.5 Å². The number of esters is 1. The second kappa shape index (κ2) is 13.9. The van der Waals surface area contributed by atoms with Gasteiger partial charge < -0.3 is 34.4 Å². The molecule has 2 aromatic carbocycles. The molecule has 4 aliphatic heterocycles. The average Bonchev–Trinajstić information content (AvgIpc) is 3.46. The lowest BCUT2D eigenvalue weighted by Gasteiger charge is -2.42. The molecular formula is C38H45N3O8. The first-order valence-electron chi connectivity index (χ1n) is 16.9. The fourth-order valence-corrected chi connectivity index (χ4v) is 7.80. The van der Waals surface area contributed by atoms with E-state index in [1.165, 1.54) is 12.0 Å². The van der Waals surface area contributed by atoms with Crippen LogP contribution >= 0.6 is 0 Å². The number of methoxy groups -OCH3 is 1. The van der Waals surface area contributed by atoms with Crippen molar-refractivity contribution in [3.05, 3.63) is 96.1 Å². The number of allylic oxidation sites excluding steroid dienone is 1. The number of hydrogen-bond acceptors (Lipinski definition) is 8. The maximum Gasteiger partial charge on any atom is 0.313 e. The predicted octanol–water partition coefficient (Wildman–Crippen LogP) is 3.26. The Morgan fingerprint density at radius 1 is 1.00 bits per heavy atom. The molecule has 11 heteroatoms. The highest BCUT2D eigenvalue weighted by Gasteiger charge is 2.73. The molecule has 0 unspecified atom stereocenters. The van der Waals surface area contributed by atoms with Crippen LogP contribution in [0.15, 0.2) is 85.0 Å². The molecule has 3 amide bonds. The molecule has 2 saturated heterocycles. The Labute approximate surface area is 286 Å². The van der Waals surface area contributed by atoms with Gasteiger partial charge in [0.2, 0.25) is 17.7 Å². The lowest BCUT2D eigenvalue weighted by atomic mass is 9.77. The first-order chi connectivity index (χ1) is 23.5. The normalized spacial score (nSPS) is 31.8. The van der Waals surface area contributed by atoms with Crippen LogP contribution in [0.3, 0.4) is 0 Å². The number of ether oxygens (including phenoxy) is 3. The number of fused-ring (bicyclic) bond motifs is 2. The standard InChI is InChI=1S/C38H45N3O8/c1-37(2,3)40-21-13-20-38-31(34(44)41(33(38)35(40)45)27(22-42)24-14-7-5-8-15-24)30-28(49-38)18-11-12-19-29(43)39-26(23-47-4)32(48-36(30)46)25-16-9-6-10-17-25/h5-11,13-18,20,26-28,30-33,42H,12,19,21-23H2,1-4H3,(H,39,43)/b18-11-/t26-,27-,28-,30+,31+,32-,33-,38+/m1/s1. The largest absolute Gasteiger partial charge is 0.455 e. The van der Waals surface area contributed by atoms with Gasteiger partial charge in [0.25, 0.3) is 0 Å². The third-order valence-electron chi connectivity index (χ3n) is 10.00. The molecule has 4 aliphatic rings. The number of nitrogens with one attached hydrogen (secondary N) is 1. The molecule has 1 spiro atoms. The summed E-state index contributed by atoms with van der Waals surface area (Å²) in [7, 11) is 1.51. The minimum absolute atomic E-state index is 0.0658. The number of cyclic esters (lactones) is 1. The second-order valence-electron chi connectivity index (χ2n) is 14.1. The maximum atomic E-state index is 15.0. The van der Waals surface area contributed by atoms with Gasteiger partial charge in [0.1, 0.15) is 23.7 Å². The third-order valence-corrected chi connectivity index (χ3v) is 10.00. The van der Waals surface area contributed by atoms with E-state index in [0.717, 1.165) is 0 Å². The molecule has 260 valence electrons. The Bertz CT molecular complexity index is 1610. The molecule has 8 atom stereocenters. The smallest absolute Gasteiger partial charge is 0.313 e. The molecule has 49 heavy (non-hydrogen) atoms. The zero-order valence-electron chi connectivity index (χ0n) is 28.4. The van der Waals surface area contributed by atoms with Crippen molar-refractivity contribution >= 4 is 23.7 Å². The number of rotatable bonds is 6. The minimum atomic E-state index is -1.54.